The van der Waals surface area contributed by atoms with Gasteiger partial charge >= 0.3 is 6.03 Å². The van der Waals surface area contributed by atoms with Crippen LogP contribution in [0.2, 0.25) is 15.3 Å². The number of amides is 2. The third kappa shape index (κ3) is 4.74. The molecule has 3 N–H and O–H groups in total. The maximum atomic E-state index is 12.0. The van der Waals surface area contributed by atoms with Crippen LogP contribution in [0.4, 0.5) is 16.2 Å². The van der Waals surface area contributed by atoms with Gasteiger partial charge in [0.2, 0.25) is 0 Å². The number of hydrogen-bond acceptors (Lipinski definition) is 3. The van der Waals surface area contributed by atoms with Gasteiger partial charge in [0.05, 0.1) is 0 Å². The molecular formula is C14H12Cl3N3O2. The molecule has 0 aliphatic rings. The van der Waals surface area contributed by atoms with Crippen LogP contribution < -0.4 is 10.6 Å². The van der Waals surface area contributed by atoms with E-state index in [-0.39, 0.29) is 16.9 Å². The molecular weight excluding hydrogens is 349 g/mol. The Morgan fingerprint density at radius 2 is 1.77 bits per heavy atom. The minimum Gasteiger partial charge on any atom is -0.396 e. The van der Waals surface area contributed by atoms with Crippen LogP contribution in [0.1, 0.15) is 5.56 Å². The highest BCUT2D eigenvalue weighted by Crippen LogP contribution is 2.23. The Morgan fingerprint density at radius 3 is 2.41 bits per heavy atom. The van der Waals surface area contributed by atoms with E-state index in [1.54, 1.807) is 18.2 Å². The summed E-state index contributed by atoms with van der Waals surface area (Å²) >= 11 is 17.5. The van der Waals surface area contributed by atoms with Gasteiger partial charge in [0, 0.05) is 23.0 Å². The second kappa shape index (κ2) is 7.65. The van der Waals surface area contributed by atoms with Gasteiger partial charge < -0.3 is 15.7 Å². The number of aliphatic hydroxyl groups is 1. The summed E-state index contributed by atoms with van der Waals surface area (Å²) < 4.78 is 0. The SMILES string of the molecule is O=C(Nc1cc(Cl)nc(Cl)c1)Nc1cc(Cl)ccc1CCO. The summed E-state index contributed by atoms with van der Waals surface area (Å²) in [6, 6.07) is 7.50. The largest absolute Gasteiger partial charge is 0.396 e. The van der Waals surface area contributed by atoms with Crippen molar-refractivity contribution >= 4 is 52.2 Å². The molecule has 2 rings (SSSR count). The smallest absolute Gasteiger partial charge is 0.323 e. The van der Waals surface area contributed by atoms with Crippen molar-refractivity contribution in [2.24, 2.45) is 0 Å². The first-order valence-electron chi connectivity index (χ1n) is 6.28. The number of hydrogen-bond donors (Lipinski definition) is 3. The molecule has 8 heteroatoms. The lowest BCUT2D eigenvalue weighted by atomic mass is 10.1. The van der Waals surface area contributed by atoms with E-state index in [0.29, 0.717) is 22.8 Å². The maximum absolute atomic E-state index is 12.0. The van der Waals surface area contributed by atoms with Gasteiger partial charge in [-0.05, 0) is 36.2 Å². The van der Waals surface area contributed by atoms with Crippen LogP contribution in [-0.4, -0.2) is 22.7 Å². The number of nitrogens with one attached hydrogen (secondary N) is 2. The van der Waals surface area contributed by atoms with Gasteiger partial charge in [-0.25, -0.2) is 9.78 Å². The molecule has 0 bridgehead atoms. The number of anilines is 2. The first-order valence-corrected chi connectivity index (χ1v) is 7.41. The number of aromatic nitrogens is 1. The van der Waals surface area contributed by atoms with Crippen LogP contribution in [0.15, 0.2) is 30.3 Å². The normalized spacial score (nSPS) is 10.4. The Labute approximate surface area is 142 Å². The average Bonchev–Trinajstić information content (AvgIpc) is 2.40. The first kappa shape index (κ1) is 16.8. The van der Waals surface area contributed by atoms with Gasteiger partial charge in [-0.15, -0.1) is 0 Å². The zero-order valence-electron chi connectivity index (χ0n) is 11.2. The van der Waals surface area contributed by atoms with Crippen molar-refractivity contribution in [3.63, 3.8) is 0 Å². The summed E-state index contributed by atoms with van der Waals surface area (Å²) in [4.78, 5) is 15.8. The molecule has 2 amide bonds. The van der Waals surface area contributed by atoms with Crippen LogP contribution in [0.3, 0.4) is 0 Å². The number of halogens is 3. The molecule has 0 atom stereocenters. The fraction of sp³-hybridized carbons (Fsp3) is 0.143. The van der Waals surface area contributed by atoms with Crippen molar-refractivity contribution in [2.45, 2.75) is 6.42 Å². The highest BCUT2D eigenvalue weighted by molar-refractivity contribution is 6.33. The van der Waals surface area contributed by atoms with E-state index in [2.05, 4.69) is 15.6 Å². The summed E-state index contributed by atoms with van der Waals surface area (Å²) in [5.74, 6) is 0. The molecule has 0 saturated heterocycles. The highest BCUT2D eigenvalue weighted by Gasteiger charge is 2.09. The highest BCUT2D eigenvalue weighted by atomic mass is 35.5. The maximum Gasteiger partial charge on any atom is 0.323 e. The molecule has 22 heavy (non-hydrogen) atoms. The fourth-order valence-corrected chi connectivity index (χ4v) is 2.46. The molecule has 116 valence electrons. The van der Waals surface area contributed by atoms with Gasteiger partial charge in [0.25, 0.3) is 0 Å². The number of urea groups is 1. The van der Waals surface area contributed by atoms with Gasteiger partial charge in [-0.3, -0.25) is 0 Å². The third-order valence-corrected chi connectivity index (χ3v) is 3.34. The molecule has 0 unspecified atom stereocenters. The second-order valence-corrected chi connectivity index (χ2v) is 5.57. The zero-order chi connectivity index (χ0) is 16.1. The molecule has 1 aromatic carbocycles. The molecule has 0 spiro atoms. The van der Waals surface area contributed by atoms with Gasteiger partial charge in [0.1, 0.15) is 10.3 Å². The van der Waals surface area contributed by atoms with Gasteiger partial charge in [-0.1, -0.05) is 40.9 Å². The number of rotatable bonds is 4. The van der Waals surface area contributed by atoms with Crippen molar-refractivity contribution in [1.82, 2.24) is 4.98 Å². The van der Waals surface area contributed by atoms with Gasteiger partial charge in [-0.2, -0.15) is 0 Å². The minimum atomic E-state index is -0.486. The Balaban J connectivity index is 2.13. The fourth-order valence-electron chi connectivity index (χ4n) is 1.83. The van der Waals surface area contributed by atoms with Crippen molar-refractivity contribution in [3.8, 4) is 0 Å². The van der Waals surface area contributed by atoms with E-state index in [1.165, 1.54) is 12.1 Å². The topological polar surface area (TPSA) is 74.2 Å². The lowest BCUT2D eigenvalue weighted by Gasteiger charge is -2.12. The predicted molar refractivity (Wildman–Crippen MR) is 89.1 cm³/mol. The molecule has 0 aliphatic heterocycles. The quantitative estimate of drug-likeness (QED) is 0.715. The zero-order valence-corrected chi connectivity index (χ0v) is 13.5. The molecule has 2 aromatic rings. The standard InChI is InChI=1S/C14H12Cl3N3O2/c15-9-2-1-8(3-4-21)11(5-9)19-14(22)18-10-6-12(16)20-13(17)7-10/h1-2,5-7,21H,3-4H2,(H2,18,19,20,22). The summed E-state index contributed by atoms with van der Waals surface area (Å²) in [5.41, 5.74) is 1.70. The van der Waals surface area contributed by atoms with Crippen LogP contribution >= 0.6 is 34.8 Å². The molecule has 0 aliphatic carbocycles. The Morgan fingerprint density at radius 1 is 1.09 bits per heavy atom. The number of carbonyl (C=O) groups is 1. The lowest BCUT2D eigenvalue weighted by molar-refractivity contribution is 0.262. The Bertz CT molecular complexity index is 675. The Hall–Kier alpha value is -1.53. The van der Waals surface area contributed by atoms with E-state index in [9.17, 15) is 4.79 Å². The number of carbonyl (C=O) groups excluding carboxylic acids is 1. The average molecular weight is 361 g/mol. The summed E-state index contributed by atoms with van der Waals surface area (Å²) in [6.45, 7) is -0.0342. The third-order valence-electron chi connectivity index (χ3n) is 2.72. The van der Waals surface area contributed by atoms with Crippen molar-refractivity contribution in [3.05, 3.63) is 51.2 Å². The number of pyridine rings is 1. The number of aliphatic hydroxyl groups excluding tert-OH is 1. The van der Waals surface area contributed by atoms with Crippen LogP contribution in [0.5, 0.6) is 0 Å². The Kier molecular flexibility index (Phi) is 5.85. The van der Waals surface area contributed by atoms with Crippen molar-refractivity contribution in [1.29, 1.82) is 0 Å². The predicted octanol–water partition coefficient (Wildman–Crippen LogP) is 4.22. The lowest BCUT2D eigenvalue weighted by Crippen LogP contribution is -2.20. The van der Waals surface area contributed by atoms with E-state index >= 15 is 0 Å². The van der Waals surface area contributed by atoms with Crippen LogP contribution in [-0.2, 0) is 6.42 Å². The van der Waals surface area contributed by atoms with E-state index in [1.807, 2.05) is 0 Å². The molecule has 0 saturated carbocycles. The first-order chi connectivity index (χ1) is 10.5. The summed E-state index contributed by atoms with van der Waals surface area (Å²) in [5, 5.41) is 15.1. The van der Waals surface area contributed by atoms with Gasteiger partial charge in [0.15, 0.2) is 0 Å². The molecule has 0 radical (unpaired) electrons. The van der Waals surface area contributed by atoms with Crippen molar-refractivity contribution in [2.75, 3.05) is 17.2 Å². The number of nitrogens with zero attached hydrogens (tertiary/aromatic N) is 1. The van der Waals surface area contributed by atoms with Crippen LogP contribution in [0, 0.1) is 0 Å². The van der Waals surface area contributed by atoms with E-state index in [0.717, 1.165) is 5.56 Å². The molecule has 1 aromatic heterocycles. The van der Waals surface area contributed by atoms with E-state index in [4.69, 9.17) is 39.9 Å². The van der Waals surface area contributed by atoms with E-state index < -0.39 is 6.03 Å². The summed E-state index contributed by atoms with van der Waals surface area (Å²) in [6.07, 6.45) is 0.402. The minimum absolute atomic E-state index is 0.0342. The molecule has 0 fully saturated rings. The van der Waals surface area contributed by atoms with Crippen LogP contribution in [0.25, 0.3) is 0 Å². The molecule has 1 heterocycles. The second-order valence-electron chi connectivity index (χ2n) is 4.36. The monoisotopic (exact) mass is 359 g/mol. The molecule has 5 nitrogen and oxygen atoms in total. The number of benzene rings is 1. The van der Waals surface area contributed by atoms with Crippen molar-refractivity contribution < 1.29 is 9.90 Å². The summed E-state index contributed by atoms with van der Waals surface area (Å²) in [7, 11) is 0.